The molecular formula is C29H40N4O5. The number of aromatic nitrogens is 1. The highest BCUT2D eigenvalue weighted by molar-refractivity contribution is 5.77. The smallest absolute Gasteiger partial charge is 0.338 e. The maximum absolute atomic E-state index is 12.7. The van der Waals surface area contributed by atoms with Gasteiger partial charge in [-0.05, 0) is 69.1 Å². The Labute approximate surface area is 224 Å². The zero-order chi connectivity index (χ0) is 26.8. The first kappa shape index (κ1) is 27.9. The van der Waals surface area contributed by atoms with Crippen molar-refractivity contribution < 1.29 is 24.2 Å². The summed E-state index contributed by atoms with van der Waals surface area (Å²) in [7, 11) is 0. The summed E-state index contributed by atoms with van der Waals surface area (Å²) in [6, 6.07) is 13.6. The van der Waals surface area contributed by atoms with E-state index in [1.807, 2.05) is 30.3 Å². The average molecular weight is 525 g/mol. The van der Waals surface area contributed by atoms with Crippen LogP contribution in [0.4, 0.5) is 10.6 Å². The summed E-state index contributed by atoms with van der Waals surface area (Å²) < 4.78 is 11.1. The number of amides is 2. The van der Waals surface area contributed by atoms with Crippen LogP contribution in [0.15, 0.2) is 42.5 Å². The summed E-state index contributed by atoms with van der Waals surface area (Å²) in [6.45, 7) is 4.34. The molecule has 4 rings (SSSR count). The third-order valence-corrected chi connectivity index (χ3v) is 7.25. The molecule has 0 spiro atoms. The molecule has 2 aromatic rings. The molecule has 0 bridgehead atoms. The zero-order valence-electron chi connectivity index (χ0n) is 22.3. The Morgan fingerprint density at radius 3 is 2.71 bits per heavy atom. The number of nitrogens with one attached hydrogen (secondary N) is 2. The number of piperidine rings is 1. The van der Waals surface area contributed by atoms with Crippen LogP contribution in [-0.2, 0) is 33.7 Å². The fourth-order valence-corrected chi connectivity index (χ4v) is 5.02. The summed E-state index contributed by atoms with van der Waals surface area (Å²) in [5, 5.41) is 17.7. The Morgan fingerprint density at radius 2 is 1.95 bits per heavy atom. The number of pyridine rings is 1. The van der Waals surface area contributed by atoms with Gasteiger partial charge in [0.05, 0.1) is 13.2 Å². The first-order valence-corrected chi connectivity index (χ1v) is 13.8. The average Bonchev–Trinajstić information content (AvgIpc) is 2.94. The molecule has 2 aliphatic heterocycles. The predicted molar refractivity (Wildman–Crippen MR) is 145 cm³/mol. The van der Waals surface area contributed by atoms with Gasteiger partial charge in [0.25, 0.3) is 0 Å². The Hall–Kier alpha value is -3.17. The molecule has 38 heavy (non-hydrogen) atoms. The second-order valence-corrected chi connectivity index (χ2v) is 10.0. The van der Waals surface area contributed by atoms with Crippen molar-refractivity contribution in [1.82, 2.24) is 15.2 Å². The lowest BCUT2D eigenvalue weighted by Crippen LogP contribution is -2.57. The highest BCUT2D eigenvalue weighted by atomic mass is 16.6. The van der Waals surface area contributed by atoms with E-state index in [9.17, 15) is 14.7 Å². The number of carbonyl (C=O) groups is 2. The summed E-state index contributed by atoms with van der Waals surface area (Å²) >= 11 is 0. The number of aliphatic hydroxyl groups is 1. The lowest BCUT2D eigenvalue weighted by atomic mass is 9.85. The van der Waals surface area contributed by atoms with E-state index in [4.69, 9.17) is 14.5 Å². The number of likely N-dealkylation sites (tertiary alicyclic amines) is 1. The Kier molecular flexibility index (Phi) is 9.95. The van der Waals surface area contributed by atoms with Crippen LogP contribution in [0.25, 0.3) is 0 Å². The molecule has 2 amide bonds. The van der Waals surface area contributed by atoms with Gasteiger partial charge < -0.3 is 30.1 Å². The van der Waals surface area contributed by atoms with Crippen molar-refractivity contribution in [1.29, 1.82) is 0 Å². The first-order chi connectivity index (χ1) is 18.5. The van der Waals surface area contributed by atoms with Crippen LogP contribution in [0, 0.1) is 0 Å². The molecular weight excluding hydrogens is 484 g/mol. The van der Waals surface area contributed by atoms with Crippen molar-refractivity contribution in [3.8, 4) is 0 Å². The molecule has 1 atom stereocenters. The third kappa shape index (κ3) is 7.45. The number of aryl methyl sites for hydroxylation is 2. The summed E-state index contributed by atoms with van der Waals surface area (Å²) in [5.74, 6) is 0.441. The minimum atomic E-state index is -1.39. The van der Waals surface area contributed by atoms with Crippen molar-refractivity contribution in [3.63, 3.8) is 0 Å². The number of hydrogen-bond donors (Lipinski definition) is 3. The molecule has 0 saturated carbocycles. The van der Waals surface area contributed by atoms with Gasteiger partial charge in [0.15, 0.2) is 6.10 Å². The minimum absolute atomic E-state index is 0.152. The van der Waals surface area contributed by atoms with Crippen LogP contribution >= 0.6 is 0 Å². The highest BCUT2D eigenvalue weighted by Crippen LogP contribution is 2.29. The first-order valence-electron chi connectivity index (χ1n) is 13.8. The number of unbranched alkanes of at least 4 members (excludes halogenated alkanes) is 1. The number of fused-ring (bicyclic) bond motifs is 1. The van der Waals surface area contributed by atoms with Crippen LogP contribution in [-0.4, -0.2) is 71.5 Å². The molecule has 9 heteroatoms. The third-order valence-electron chi connectivity index (χ3n) is 7.25. The lowest BCUT2D eigenvalue weighted by Gasteiger charge is -2.41. The monoisotopic (exact) mass is 524 g/mol. The van der Waals surface area contributed by atoms with Gasteiger partial charge in [0.1, 0.15) is 11.4 Å². The largest absolute Gasteiger partial charge is 0.464 e. The topological polar surface area (TPSA) is 113 Å². The number of esters is 1. The molecule has 1 aromatic carbocycles. The highest BCUT2D eigenvalue weighted by Gasteiger charge is 2.46. The van der Waals surface area contributed by atoms with E-state index in [1.54, 1.807) is 11.8 Å². The van der Waals surface area contributed by atoms with E-state index < -0.39 is 17.7 Å². The molecule has 2 aliphatic rings. The number of anilines is 1. The minimum Gasteiger partial charge on any atom is -0.464 e. The van der Waals surface area contributed by atoms with Crippen LogP contribution in [0.3, 0.4) is 0 Å². The van der Waals surface area contributed by atoms with Crippen LogP contribution < -0.4 is 10.6 Å². The Bertz CT molecular complexity index is 1060. The van der Waals surface area contributed by atoms with Gasteiger partial charge in [-0.1, -0.05) is 36.4 Å². The number of ether oxygens (including phenoxy) is 2. The van der Waals surface area contributed by atoms with Gasteiger partial charge in [-0.25, -0.2) is 14.6 Å². The normalized spacial score (nSPS) is 17.2. The molecule has 1 saturated heterocycles. The predicted octanol–water partition coefficient (Wildman–Crippen LogP) is 3.45. The van der Waals surface area contributed by atoms with Crippen molar-refractivity contribution in [2.75, 3.05) is 38.1 Å². The summed E-state index contributed by atoms with van der Waals surface area (Å²) in [4.78, 5) is 31.8. The van der Waals surface area contributed by atoms with E-state index in [2.05, 4.69) is 22.8 Å². The van der Waals surface area contributed by atoms with E-state index in [0.717, 1.165) is 55.7 Å². The summed E-state index contributed by atoms with van der Waals surface area (Å²) in [6.07, 6.45) is 4.26. The van der Waals surface area contributed by atoms with Gasteiger partial charge in [-0.3, -0.25) is 0 Å². The molecule has 0 aliphatic carbocycles. The van der Waals surface area contributed by atoms with Crippen LogP contribution in [0.2, 0.25) is 0 Å². The quantitative estimate of drug-likeness (QED) is 0.305. The maximum atomic E-state index is 12.7. The van der Waals surface area contributed by atoms with Gasteiger partial charge >= 0.3 is 12.0 Å². The van der Waals surface area contributed by atoms with Crippen molar-refractivity contribution in [2.24, 2.45) is 0 Å². The standard InChI is InChI=1S/C29H40N4O5/c1-2-37-27(34)25(38-21-22-9-4-3-5-10-22)29(36)15-19-33(20-16-29)28(35)31-17-7-6-12-24-14-13-23-11-8-18-30-26(23)32-24/h3-5,9-10,13-14,25,36H,2,6-8,11-12,15-21H2,1H3,(H,30,32)(H,31,35). The van der Waals surface area contributed by atoms with Gasteiger partial charge in [0, 0.05) is 31.9 Å². The number of urea groups is 1. The number of benzene rings is 1. The SMILES string of the molecule is CCOC(=O)C(OCc1ccccc1)C1(O)CCN(C(=O)NCCCCc2ccc3c(n2)NCCC3)CC1. The molecule has 3 N–H and O–H groups in total. The maximum Gasteiger partial charge on any atom is 0.338 e. The molecule has 206 valence electrons. The number of nitrogens with zero attached hydrogens (tertiary/aromatic N) is 2. The second-order valence-electron chi connectivity index (χ2n) is 10.0. The molecule has 1 aromatic heterocycles. The molecule has 0 radical (unpaired) electrons. The van der Waals surface area contributed by atoms with Crippen molar-refractivity contribution >= 4 is 17.8 Å². The van der Waals surface area contributed by atoms with Crippen molar-refractivity contribution in [2.45, 2.75) is 70.2 Å². The van der Waals surface area contributed by atoms with Crippen LogP contribution in [0.1, 0.15) is 55.8 Å². The van der Waals surface area contributed by atoms with Crippen molar-refractivity contribution in [3.05, 3.63) is 59.3 Å². The second kappa shape index (κ2) is 13.6. The zero-order valence-corrected chi connectivity index (χ0v) is 22.3. The Morgan fingerprint density at radius 1 is 1.16 bits per heavy atom. The number of rotatable bonds is 11. The Balaban J connectivity index is 1.20. The number of hydrogen-bond acceptors (Lipinski definition) is 7. The summed E-state index contributed by atoms with van der Waals surface area (Å²) in [5.41, 5.74) is 1.87. The van der Waals surface area contributed by atoms with E-state index in [-0.39, 0.29) is 32.1 Å². The fraction of sp³-hybridized carbons (Fsp3) is 0.552. The van der Waals surface area contributed by atoms with Gasteiger partial charge in [-0.2, -0.15) is 0 Å². The molecule has 1 unspecified atom stereocenters. The molecule has 1 fully saturated rings. The van der Waals surface area contributed by atoms with Gasteiger partial charge in [-0.15, -0.1) is 0 Å². The van der Waals surface area contributed by atoms with E-state index in [0.29, 0.717) is 19.6 Å². The van der Waals surface area contributed by atoms with E-state index in [1.165, 1.54) is 5.56 Å². The lowest BCUT2D eigenvalue weighted by molar-refractivity contribution is -0.185. The molecule has 3 heterocycles. The van der Waals surface area contributed by atoms with Crippen LogP contribution in [0.5, 0.6) is 0 Å². The number of carbonyl (C=O) groups excluding carboxylic acids is 2. The van der Waals surface area contributed by atoms with Gasteiger partial charge in [0.2, 0.25) is 0 Å². The van der Waals surface area contributed by atoms with E-state index >= 15 is 0 Å². The molecule has 9 nitrogen and oxygen atoms in total. The fourth-order valence-electron chi connectivity index (χ4n) is 5.02.